The van der Waals surface area contributed by atoms with Gasteiger partial charge in [0, 0.05) is 12.0 Å². The van der Waals surface area contributed by atoms with Gasteiger partial charge >= 0.3 is 0 Å². The largest absolute Gasteiger partial charge is 0.479 e. The van der Waals surface area contributed by atoms with Gasteiger partial charge in [0.25, 0.3) is 5.91 Å². The summed E-state index contributed by atoms with van der Waals surface area (Å²) >= 11 is 1.51. The fourth-order valence-corrected chi connectivity index (χ4v) is 2.79. The first-order valence-electron chi connectivity index (χ1n) is 6.32. The Morgan fingerprint density at radius 1 is 1.45 bits per heavy atom. The number of benzene rings is 1. The van der Waals surface area contributed by atoms with E-state index in [1.54, 1.807) is 6.92 Å². The second-order valence-electron chi connectivity index (χ2n) is 4.50. The van der Waals surface area contributed by atoms with E-state index in [1.807, 2.05) is 18.2 Å². The van der Waals surface area contributed by atoms with Gasteiger partial charge < -0.3 is 15.8 Å². The molecule has 1 aliphatic rings. The Kier molecular flexibility index (Phi) is 3.37. The summed E-state index contributed by atoms with van der Waals surface area (Å²) in [6.45, 7) is 2.27. The zero-order chi connectivity index (χ0) is 14.1. The number of ether oxygens (including phenoxy) is 1. The van der Waals surface area contributed by atoms with Crippen LogP contribution in [0.1, 0.15) is 11.9 Å². The molecule has 2 aromatic rings. The number of hydrogen-bond acceptors (Lipinski definition) is 6. The maximum Gasteiger partial charge on any atom is 0.265 e. The summed E-state index contributed by atoms with van der Waals surface area (Å²) in [6.07, 6.45) is 0.256. The summed E-state index contributed by atoms with van der Waals surface area (Å²) in [4.78, 5) is 11.6. The van der Waals surface area contributed by atoms with E-state index in [0.717, 1.165) is 22.0 Å². The first-order valence-corrected chi connectivity index (χ1v) is 7.13. The Morgan fingerprint density at radius 2 is 2.30 bits per heavy atom. The van der Waals surface area contributed by atoms with Crippen molar-refractivity contribution in [2.75, 3.05) is 11.9 Å². The average molecular weight is 290 g/mol. The highest BCUT2D eigenvalue weighted by atomic mass is 32.1. The molecule has 1 aromatic carbocycles. The van der Waals surface area contributed by atoms with E-state index in [1.165, 1.54) is 11.3 Å². The molecule has 1 atom stereocenters. The van der Waals surface area contributed by atoms with Crippen LogP contribution in [0.15, 0.2) is 18.2 Å². The molecule has 104 valence electrons. The molecule has 1 unspecified atom stereocenters. The fraction of sp³-hybridized carbons (Fsp3) is 0.308. The quantitative estimate of drug-likeness (QED) is 0.892. The van der Waals surface area contributed by atoms with Crippen molar-refractivity contribution in [2.24, 2.45) is 5.73 Å². The molecule has 7 heteroatoms. The minimum Gasteiger partial charge on any atom is -0.479 e. The van der Waals surface area contributed by atoms with Gasteiger partial charge in [-0.1, -0.05) is 11.3 Å². The smallest absolute Gasteiger partial charge is 0.265 e. The Hall–Kier alpha value is -1.99. The lowest BCUT2D eigenvalue weighted by atomic mass is 10.1. The lowest BCUT2D eigenvalue weighted by Gasteiger charge is -2.23. The van der Waals surface area contributed by atoms with Crippen molar-refractivity contribution in [3.05, 3.63) is 23.2 Å². The number of fused-ring (bicyclic) bond motifs is 1. The Labute approximate surface area is 120 Å². The number of amides is 1. The molecule has 0 radical (unpaired) electrons. The molecule has 1 aliphatic heterocycles. The topological polar surface area (TPSA) is 90.1 Å². The Bertz CT molecular complexity index is 656. The third-order valence-electron chi connectivity index (χ3n) is 2.98. The maximum absolute atomic E-state index is 11.6. The highest BCUT2D eigenvalue weighted by molar-refractivity contribution is 7.14. The molecule has 2 heterocycles. The number of nitrogens with one attached hydrogen (secondary N) is 1. The Morgan fingerprint density at radius 3 is 3.10 bits per heavy atom. The van der Waals surface area contributed by atoms with Crippen LogP contribution in [0.4, 0.5) is 5.69 Å². The van der Waals surface area contributed by atoms with Crippen LogP contribution in [0.25, 0.3) is 10.6 Å². The number of nitrogens with zero attached hydrogens (tertiary/aromatic N) is 2. The van der Waals surface area contributed by atoms with E-state index >= 15 is 0 Å². The van der Waals surface area contributed by atoms with Crippen molar-refractivity contribution >= 4 is 22.9 Å². The molecule has 1 amide bonds. The number of rotatable bonds is 3. The van der Waals surface area contributed by atoms with Gasteiger partial charge in [-0.05, 0) is 31.7 Å². The second kappa shape index (κ2) is 5.18. The van der Waals surface area contributed by atoms with Crippen molar-refractivity contribution in [2.45, 2.75) is 19.4 Å². The standard InChI is InChI=1S/C13H14N4O2S/c1-7-12(18)15-9-6-8(2-3-10(9)19-7)13-17-16-11(20-13)4-5-14/h2-3,6-7H,4-5,14H2,1H3,(H,15,18). The van der Waals surface area contributed by atoms with E-state index < -0.39 is 6.10 Å². The molecule has 3 N–H and O–H groups in total. The van der Waals surface area contributed by atoms with Gasteiger partial charge in [0.2, 0.25) is 0 Å². The highest BCUT2D eigenvalue weighted by Gasteiger charge is 2.24. The normalized spacial score (nSPS) is 17.3. The lowest BCUT2D eigenvalue weighted by Crippen LogP contribution is -2.34. The monoisotopic (exact) mass is 290 g/mol. The number of carbonyl (C=O) groups excluding carboxylic acids is 1. The third kappa shape index (κ3) is 2.37. The van der Waals surface area contributed by atoms with Gasteiger partial charge in [-0.25, -0.2) is 0 Å². The number of hydrogen-bond donors (Lipinski definition) is 2. The molecule has 3 rings (SSSR count). The molecule has 0 bridgehead atoms. The van der Waals surface area contributed by atoms with Crippen LogP contribution in [0.5, 0.6) is 5.75 Å². The SMILES string of the molecule is CC1Oc2ccc(-c3nnc(CCN)s3)cc2NC1=O. The molecule has 20 heavy (non-hydrogen) atoms. The van der Waals surface area contributed by atoms with Crippen molar-refractivity contribution in [1.29, 1.82) is 0 Å². The fourth-order valence-electron chi connectivity index (χ4n) is 1.94. The summed E-state index contributed by atoms with van der Waals surface area (Å²) in [6, 6.07) is 5.60. The molecular weight excluding hydrogens is 276 g/mol. The summed E-state index contributed by atoms with van der Waals surface area (Å²) in [5.74, 6) is 0.531. The molecule has 0 fully saturated rings. The van der Waals surface area contributed by atoms with Crippen LogP contribution >= 0.6 is 11.3 Å². The average Bonchev–Trinajstić information content (AvgIpc) is 2.89. The van der Waals surface area contributed by atoms with Crippen LogP contribution in [0.2, 0.25) is 0 Å². The van der Waals surface area contributed by atoms with Crippen molar-refractivity contribution in [3.8, 4) is 16.3 Å². The molecule has 6 nitrogen and oxygen atoms in total. The van der Waals surface area contributed by atoms with Crippen LogP contribution in [-0.2, 0) is 11.2 Å². The molecule has 0 saturated heterocycles. The van der Waals surface area contributed by atoms with Crippen LogP contribution in [0.3, 0.4) is 0 Å². The van der Waals surface area contributed by atoms with Crippen molar-refractivity contribution in [1.82, 2.24) is 10.2 Å². The highest BCUT2D eigenvalue weighted by Crippen LogP contribution is 2.34. The first kappa shape index (κ1) is 13.0. The molecule has 1 aromatic heterocycles. The van der Waals surface area contributed by atoms with Gasteiger partial charge in [0.1, 0.15) is 15.8 Å². The number of aromatic nitrogens is 2. The van der Waals surface area contributed by atoms with Gasteiger partial charge in [-0.15, -0.1) is 10.2 Å². The van der Waals surface area contributed by atoms with Gasteiger partial charge in [-0.2, -0.15) is 0 Å². The number of anilines is 1. The zero-order valence-electron chi connectivity index (χ0n) is 10.9. The maximum atomic E-state index is 11.6. The van der Waals surface area contributed by atoms with E-state index in [2.05, 4.69) is 15.5 Å². The van der Waals surface area contributed by atoms with E-state index in [-0.39, 0.29) is 5.91 Å². The minimum absolute atomic E-state index is 0.143. The number of carbonyl (C=O) groups is 1. The molecule has 0 spiro atoms. The Balaban J connectivity index is 1.91. The van der Waals surface area contributed by atoms with Gasteiger partial charge in [-0.3, -0.25) is 4.79 Å². The minimum atomic E-state index is -0.467. The van der Waals surface area contributed by atoms with Crippen LogP contribution in [0, 0.1) is 0 Å². The van der Waals surface area contributed by atoms with Crippen LogP contribution < -0.4 is 15.8 Å². The van der Waals surface area contributed by atoms with Crippen molar-refractivity contribution < 1.29 is 9.53 Å². The van der Waals surface area contributed by atoms with Crippen molar-refractivity contribution in [3.63, 3.8) is 0 Å². The summed E-state index contributed by atoms with van der Waals surface area (Å²) in [5, 5.41) is 12.8. The van der Waals surface area contributed by atoms with E-state index in [9.17, 15) is 4.79 Å². The van der Waals surface area contributed by atoms with Gasteiger partial charge in [0.05, 0.1) is 5.69 Å². The predicted octanol–water partition coefficient (Wildman–Crippen LogP) is 1.43. The molecular formula is C13H14N4O2S. The van der Waals surface area contributed by atoms with Crippen LogP contribution in [-0.4, -0.2) is 28.8 Å². The van der Waals surface area contributed by atoms with E-state index in [0.29, 0.717) is 18.0 Å². The number of nitrogens with two attached hydrogens (primary N) is 1. The van der Waals surface area contributed by atoms with E-state index in [4.69, 9.17) is 10.5 Å². The third-order valence-corrected chi connectivity index (χ3v) is 4.01. The lowest BCUT2D eigenvalue weighted by molar-refractivity contribution is -0.122. The summed E-state index contributed by atoms with van der Waals surface area (Å²) < 4.78 is 5.52. The summed E-state index contributed by atoms with van der Waals surface area (Å²) in [7, 11) is 0. The predicted molar refractivity (Wildman–Crippen MR) is 76.8 cm³/mol. The van der Waals surface area contributed by atoms with Gasteiger partial charge in [0.15, 0.2) is 6.10 Å². The molecule has 0 aliphatic carbocycles. The summed E-state index contributed by atoms with van der Waals surface area (Å²) in [5.41, 5.74) is 7.08. The zero-order valence-corrected chi connectivity index (χ0v) is 11.7. The first-order chi connectivity index (χ1) is 9.67. The second-order valence-corrected chi connectivity index (χ2v) is 5.56. The molecule has 0 saturated carbocycles.